The minimum absolute atomic E-state index is 0.0980. The van der Waals surface area contributed by atoms with Gasteiger partial charge in [-0.1, -0.05) is 26.0 Å². The number of primary amides is 1. The number of hydrogen-bond donors (Lipinski definition) is 6. The second-order valence-corrected chi connectivity index (χ2v) is 9.30. The smallest absolute Gasteiger partial charge is 0.278 e. The fourth-order valence-electron chi connectivity index (χ4n) is 3.54. The molecule has 172 valence electrons. The second-order valence-electron chi connectivity index (χ2n) is 8.27. The summed E-state index contributed by atoms with van der Waals surface area (Å²) in [5.74, 6) is -1.21. The first kappa shape index (κ1) is 25.0. The van der Waals surface area contributed by atoms with Crippen LogP contribution in [0.2, 0.25) is 0 Å². The predicted molar refractivity (Wildman–Crippen MR) is 117 cm³/mol. The maximum absolute atomic E-state index is 12.8. The van der Waals surface area contributed by atoms with Crippen molar-refractivity contribution in [1.82, 2.24) is 10.6 Å². The number of hydrogen-bond acceptors (Lipinski definition) is 6. The molecule has 3 amide bonds. The topological polar surface area (TPSA) is 158 Å². The van der Waals surface area contributed by atoms with Crippen LogP contribution in [0.1, 0.15) is 31.6 Å². The van der Waals surface area contributed by atoms with E-state index in [1.165, 1.54) is 17.4 Å². The van der Waals surface area contributed by atoms with Gasteiger partial charge in [0.25, 0.3) is 5.91 Å². The van der Waals surface area contributed by atoms with Crippen molar-refractivity contribution in [2.45, 2.75) is 63.4 Å². The van der Waals surface area contributed by atoms with E-state index in [2.05, 4.69) is 10.6 Å². The van der Waals surface area contributed by atoms with Gasteiger partial charge in [0, 0.05) is 29.7 Å². The van der Waals surface area contributed by atoms with Crippen LogP contribution in [0.3, 0.4) is 0 Å². The van der Waals surface area contributed by atoms with Crippen LogP contribution < -0.4 is 21.7 Å². The van der Waals surface area contributed by atoms with Crippen LogP contribution in [0.15, 0.2) is 29.2 Å². The van der Waals surface area contributed by atoms with E-state index in [0.29, 0.717) is 12.3 Å². The van der Waals surface area contributed by atoms with Crippen LogP contribution in [0.4, 0.5) is 0 Å². The largest absolute Gasteiger partial charge is 0.390 e. The molecule has 1 aliphatic carbocycles. The van der Waals surface area contributed by atoms with E-state index >= 15 is 0 Å². The summed E-state index contributed by atoms with van der Waals surface area (Å²) in [7, 11) is 1.80. The van der Waals surface area contributed by atoms with E-state index in [-0.39, 0.29) is 30.4 Å². The molecule has 10 heteroatoms. The lowest BCUT2D eigenvalue weighted by atomic mass is 9.89. The lowest BCUT2D eigenvalue weighted by Gasteiger charge is -2.32. The Balaban J connectivity index is 2.11. The second kappa shape index (κ2) is 11.4. The standard InChI is InChI=1S/C21H32N4O5S/c1-11(2)7-16(23-3)21(30)24-14-8-12(9-17(26)18(14)27)20(29)25-15(19(22)28)10-13-5-4-6-31-13/h4-6,8,11,14-18,23,26-27H,7,9-10H2,1-3H3,(H2,22,28)(H,24,30)(H,25,29)/p+1/t14-,15+,16+,17-,18-/m1/s1. The molecular formula is C21H33N4O5S+. The number of amides is 3. The highest BCUT2D eigenvalue weighted by Gasteiger charge is 2.36. The Morgan fingerprint density at radius 3 is 2.58 bits per heavy atom. The summed E-state index contributed by atoms with van der Waals surface area (Å²) in [6, 6.07) is 1.51. The number of carbonyl (C=O) groups excluding carboxylic acids is 3. The average molecular weight is 454 g/mol. The van der Waals surface area contributed by atoms with E-state index in [4.69, 9.17) is 5.73 Å². The summed E-state index contributed by atoms with van der Waals surface area (Å²) in [6.45, 7) is 4.02. The van der Waals surface area contributed by atoms with Gasteiger partial charge in [0.2, 0.25) is 11.8 Å². The number of quaternary nitrogens is 1. The summed E-state index contributed by atoms with van der Waals surface area (Å²) >= 11 is 1.45. The Kier molecular flexibility index (Phi) is 9.17. The maximum Gasteiger partial charge on any atom is 0.278 e. The number of likely N-dealkylation sites (N-methyl/N-ethyl adjacent to an activating group) is 1. The number of nitrogens with two attached hydrogens (primary N) is 2. The third-order valence-electron chi connectivity index (χ3n) is 5.27. The molecule has 0 saturated heterocycles. The number of aliphatic hydroxyl groups excluding tert-OH is 2. The van der Waals surface area contributed by atoms with E-state index in [0.717, 1.165) is 4.88 Å². The molecular weight excluding hydrogens is 420 g/mol. The van der Waals surface area contributed by atoms with Gasteiger partial charge < -0.3 is 31.9 Å². The number of nitrogens with one attached hydrogen (secondary N) is 2. The first-order valence-electron chi connectivity index (χ1n) is 10.4. The predicted octanol–water partition coefficient (Wildman–Crippen LogP) is -1.59. The Morgan fingerprint density at radius 1 is 1.32 bits per heavy atom. The molecule has 1 aliphatic rings. The molecule has 31 heavy (non-hydrogen) atoms. The van der Waals surface area contributed by atoms with Crippen molar-refractivity contribution in [3.05, 3.63) is 34.0 Å². The van der Waals surface area contributed by atoms with Gasteiger partial charge in [-0.05, 0) is 17.4 Å². The van der Waals surface area contributed by atoms with Gasteiger partial charge in [-0.3, -0.25) is 14.4 Å². The molecule has 0 saturated carbocycles. The summed E-state index contributed by atoms with van der Waals surface area (Å²) < 4.78 is 0. The molecule has 0 spiro atoms. The van der Waals surface area contributed by atoms with E-state index in [1.54, 1.807) is 12.4 Å². The van der Waals surface area contributed by atoms with Gasteiger partial charge >= 0.3 is 0 Å². The van der Waals surface area contributed by atoms with Crippen molar-refractivity contribution < 1.29 is 29.9 Å². The zero-order chi connectivity index (χ0) is 23.1. The zero-order valence-corrected chi connectivity index (χ0v) is 18.9. The maximum atomic E-state index is 12.8. The van der Waals surface area contributed by atoms with Crippen LogP contribution >= 0.6 is 11.3 Å². The number of carbonyl (C=O) groups is 3. The first-order chi connectivity index (χ1) is 14.6. The van der Waals surface area contributed by atoms with Crippen LogP contribution in [0, 0.1) is 5.92 Å². The van der Waals surface area contributed by atoms with Crippen LogP contribution in [-0.4, -0.2) is 65.3 Å². The van der Waals surface area contributed by atoms with Crippen molar-refractivity contribution in [2.75, 3.05) is 7.05 Å². The molecule has 2 rings (SSSR count). The molecule has 0 unspecified atom stereocenters. The van der Waals surface area contributed by atoms with Crippen LogP contribution in [-0.2, 0) is 20.8 Å². The Labute approximate surface area is 186 Å². The molecule has 0 aromatic carbocycles. The van der Waals surface area contributed by atoms with E-state index in [1.807, 2.05) is 31.4 Å². The number of rotatable bonds is 10. The zero-order valence-electron chi connectivity index (χ0n) is 18.1. The third kappa shape index (κ3) is 7.13. The summed E-state index contributed by atoms with van der Waals surface area (Å²) in [5, 5.41) is 29.6. The van der Waals surface area contributed by atoms with E-state index < -0.39 is 36.1 Å². The van der Waals surface area contributed by atoms with Crippen molar-refractivity contribution in [3.63, 3.8) is 0 Å². The fraction of sp³-hybridized carbons (Fsp3) is 0.571. The fourth-order valence-corrected chi connectivity index (χ4v) is 4.29. The first-order valence-corrected chi connectivity index (χ1v) is 11.3. The van der Waals surface area contributed by atoms with Crippen LogP contribution in [0.25, 0.3) is 0 Å². The van der Waals surface area contributed by atoms with Crippen molar-refractivity contribution in [1.29, 1.82) is 0 Å². The lowest BCUT2D eigenvalue weighted by Crippen LogP contribution is -2.89. The minimum Gasteiger partial charge on any atom is -0.390 e. The molecule has 0 radical (unpaired) electrons. The molecule has 1 aromatic heterocycles. The summed E-state index contributed by atoms with van der Waals surface area (Å²) in [4.78, 5) is 38.1. The monoisotopic (exact) mass is 453 g/mol. The van der Waals surface area contributed by atoms with Crippen molar-refractivity contribution >= 4 is 29.1 Å². The third-order valence-corrected chi connectivity index (χ3v) is 6.17. The van der Waals surface area contributed by atoms with Crippen molar-refractivity contribution in [3.8, 4) is 0 Å². The molecule has 1 aromatic rings. The molecule has 1 heterocycles. The highest BCUT2D eigenvalue weighted by atomic mass is 32.1. The Hall–Kier alpha value is -2.27. The van der Waals surface area contributed by atoms with Gasteiger partial charge in [0.15, 0.2) is 6.04 Å². The van der Waals surface area contributed by atoms with Gasteiger partial charge in [0.1, 0.15) is 12.1 Å². The quantitative estimate of drug-likeness (QED) is 0.252. The van der Waals surface area contributed by atoms with Gasteiger partial charge in [-0.2, -0.15) is 0 Å². The lowest BCUT2D eigenvalue weighted by molar-refractivity contribution is -0.651. The van der Waals surface area contributed by atoms with Gasteiger partial charge in [-0.25, -0.2) is 0 Å². The molecule has 9 nitrogen and oxygen atoms in total. The molecule has 8 N–H and O–H groups in total. The Morgan fingerprint density at radius 2 is 2.03 bits per heavy atom. The molecule has 0 aliphatic heterocycles. The van der Waals surface area contributed by atoms with E-state index in [9.17, 15) is 24.6 Å². The molecule has 5 atom stereocenters. The minimum atomic E-state index is -1.24. The summed E-state index contributed by atoms with van der Waals surface area (Å²) in [6.07, 6.45) is -0.215. The van der Waals surface area contributed by atoms with Crippen molar-refractivity contribution in [2.24, 2.45) is 11.7 Å². The van der Waals surface area contributed by atoms with Gasteiger partial charge in [0.05, 0.1) is 19.2 Å². The average Bonchev–Trinajstić information content (AvgIpc) is 3.21. The highest BCUT2D eigenvalue weighted by molar-refractivity contribution is 7.09. The molecule has 0 bridgehead atoms. The van der Waals surface area contributed by atoms with Crippen LogP contribution in [0.5, 0.6) is 0 Å². The normalized spacial score (nSPS) is 23.0. The number of aliphatic hydroxyl groups is 2. The number of thiophene rings is 1. The highest BCUT2D eigenvalue weighted by Crippen LogP contribution is 2.21. The summed E-state index contributed by atoms with van der Waals surface area (Å²) in [5.41, 5.74) is 5.63. The SMILES string of the molecule is C[NH2+][C@@H](CC(C)C)C(=O)N[C@@H]1C=C(C(=O)N[C@@H](Cc2cccs2)C(N)=O)C[C@@H](O)[C@@H]1O. The Bertz CT molecular complexity index is 796. The van der Waals surface area contributed by atoms with Gasteiger partial charge in [-0.15, -0.1) is 11.3 Å². The molecule has 0 fully saturated rings.